The molecule has 10 heteroatoms. The van der Waals surface area contributed by atoms with Crippen molar-refractivity contribution in [1.29, 1.82) is 0 Å². The Kier molecular flexibility index (Phi) is 5.95. The first-order valence-electron chi connectivity index (χ1n) is 5.70. The topological polar surface area (TPSA) is 118 Å². The van der Waals surface area contributed by atoms with Crippen molar-refractivity contribution in [2.24, 2.45) is 0 Å². The molecule has 0 unspecified atom stereocenters. The molecule has 0 bridgehead atoms. The summed E-state index contributed by atoms with van der Waals surface area (Å²) < 4.78 is 51.9. The third kappa shape index (κ3) is 5.02. The maximum Gasteiger partial charge on any atom is 0.242 e. The average Bonchev–Trinajstić information content (AvgIpc) is 2.27. The van der Waals surface area contributed by atoms with Gasteiger partial charge in [0.25, 0.3) is 0 Å². The van der Waals surface area contributed by atoms with Crippen molar-refractivity contribution in [3.05, 3.63) is 22.7 Å². The van der Waals surface area contributed by atoms with E-state index < -0.39 is 20.0 Å². The molecule has 1 aromatic carbocycles. The Morgan fingerprint density at radius 1 is 1.20 bits per heavy atom. The van der Waals surface area contributed by atoms with E-state index in [9.17, 15) is 16.8 Å². The van der Waals surface area contributed by atoms with Gasteiger partial charge in [-0.2, -0.15) is 0 Å². The number of benzene rings is 1. The Hall–Kier alpha value is -0.680. The summed E-state index contributed by atoms with van der Waals surface area (Å²) >= 11 is 3.18. The molecule has 0 aliphatic heterocycles. The standard InChI is InChI=1S/C10H16BrN3O4S2/c1-2-13-19(15,16)6-5-14-20(17,18)10-4-3-8(11)7-9(10)12/h3-4,7,13-14H,2,5-6,12H2,1H3. The molecule has 1 aromatic rings. The number of nitrogens with one attached hydrogen (secondary N) is 2. The SMILES string of the molecule is CCNS(=O)(=O)CCNS(=O)(=O)c1ccc(Br)cc1N. The zero-order valence-corrected chi connectivity index (χ0v) is 14.0. The Morgan fingerprint density at radius 2 is 1.85 bits per heavy atom. The quantitative estimate of drug-likeness (QED) is 0.581. The van der Waals surface area contributed by atoms with Gasteiger partial charge in [0.05, 0.1) is 11.4 Å². The molecule has 0 saturated carbocycles. The molecule has 4 N–H and O–H groups in total. The number of nitrogen functional groups attached to an aromatic ring is 1. The lowest BCUT2D eigenvalue weighted by Crippen LogP contribution is -2.34. The van der Waals surface area contributed by atoms with Crippen LogP contribution in [0.2, 0.25) is 0 Å². The van der Waals surface area contributed by atoms with Crippen LogP contribution in [-0.2, 0) is 20.0 Å². The number of hydrogen-bond acceptors (Lipinski definition) is 5. The third-order valence-electron chi connectivity index (χ3n) is 2.29. The van der Waals surface area contributed by atoms with Crippen LogP contribution in [0.5, 0.6) is 0 Å². The first kappa shape index (κ1) is 17.4. The Bertz CT molecular complexity index is 674. The van der Waals surface area contributed by atoms with E-state index in [0.29, 0.717) is 4.47 Å². The minimum atomic E-state index is -3.83. The van der Waals surface area contributed by atoms with Gasteiger partial charge in [-0.1, -0.05) is 22.9 Å². The van der Waals surface area contributed by atoms with Crippen LogP contribution in [0.4, 0.5) is 5.69 Å². The smallest absolute Gasteiger partial charge is 0.242 e. The summed E-state index contributed by atoms with van der Waals surface area (Å²) in [6.07, 6.45) is 0. The lowest BCUT2D eigenvalue weighted by Gasteiger charge is -2.09. The molecular formula is C10H16BrN3O4S2. The number of nitrogens with two attached hydrogens (primary N) is 1. The molecule has 0 atom stereocenters. The fraction of sp³-hybridized carbons (Fsp3) is 0.400. The summed E-state index contributed by atoms with van der Waals surface area (Å²) in [5.74, 6) is -0.337. The van der Waals surface area contributed by atoms with Crippen molar-refractivity contribution in [2.45, 2.75) is 11.8 Å². The van der Waals surface area contributed by atoms with Gasteiger partial charge in [0.1, 0.15) is 4.90 Å². The summed E-state index contributed by atoms with van der Waals surface area (Å²) in [5.41, 5.74) is 5.72. The molecule has 0 spiro atoms. The predicted octanol–water partition coefficient (Wildman–Crippen LogP) is 0.249. The van der Waals surface area contributed by atoms with E-state index in [2.05, 4.69) is 25.4 Å². The van der Waals surface area contributed by atoms with Gasteiger partial charge in [-0.3, -0.25) is 0 Å². The molecule has 0 aliphatic carbocycles. The van der Waals surface area contributed by atoms with Gasteiger partial charge in [-0.15, -0.1) is 0 Å². The molecule has 114 valence electrons. The van der Waals surface area contributed by atoms with Crippen molar-refractivity contribution < 1.29 is 16.8 Å². The highest BCUT2D eigenvalue weighted by Crippen LogP contribution is 2.22. The van der Waals surface area contributed by atoms with Crippen molar-refractivity contribution in [3.63, 3.8) is 0 Å². The number of sulfonamides is 2. The van der Waals surface area contributed by atoms with E-state index in [0.717, 1.165) is 0 Å². The third-order valence-corrected chi connectivity index (χ3v) is 5.79. The maximum absolute atomic E-state index is 12.0. The van der Waals surface area contributed by atoms with Crippen LogP contribution in [-0.4, -0.2) is 35.7 Å². The van der Waals surface area contributed by atoms with Gasteiger partial charge < -0.3 is 5.73 Å². The van der Waals surface area contributed by atoms with Crippen LogP contribution < -0.4 is 15.2 Å². The molecule has 7 nitrogen and oxygen atoms in total. The second-order valence-corrected chi connectivity index (χ2v) is 8.47. The minimum absolute atomic E-state index is 0.0819. The van der Waals surface area contributed by atoms with Crippen molar-refractivity contribution in [1.82, 2.24) is 9.44 Å². The fourth-order valence-corrected chi connectivity index (χ4v) is 4.05. The zero-order valence-electron chi connectivity index (χ0n) is 10.8. The minimum Gasteiger partial charge on any atom is -0.398 e. The lowest BCUT2D eigenvalue weighted by atomic mass is 10.3. The number of anilines is 1. The molecule has 0 radical (unpaired) electrons. The Morgan fingerprint density at radius 3 is 2.40 bits per heavy atom. The van der Waals surface area contributed by atoms with Crippen LogP contribution in [0.3, 0.4) is 0 Å². The second-order valence-electron chi connectivity index (χ2n) is 3.90. The monoisotopic (exact) mass is 385 g/mol. The molecule has 0 saturated heterocycles. The molecular weight excluding hydrogens is 370 g/mol. The molecule has 0 amide bonds. The zero-order chi connectivity index (χ0) is 15.4. The maximum atomic E-state index is 12.0. The summed E-state index contributed by atoms with van der Waals surface area (Å²) in [6.45, 7) is 1.67. The van der Waals surface area contributed by atoms with Crippen molar-refractivity contribution in [2.75, 3.05) is 24.6 Å². The van der Waals surface area contributed by atoms with E-state index in [1.165, 1.54) is 12.1 Å². The van der Waals surface area contributed by atoms with Gasteiger partial charge in [-0.25, -0.2) is 26.3 Å². The summed E-state index contributed by atoms with van der Waals surface area (Å²) in [6, 6.07) is 4.35. The van der Waals surface area contributed by atoms with Crippen LogP contribution in [0, 0.1) is 0 Å². The van der Waals surface area contributed by atoms with Gasteiger partial charge in [0.2, 0.25) is 20.0 Å². The van der Waals surface area contributed by atoms with E-state index in [-0.39, 0.29) is 29.4 Å². The number of hydrogen-bond donors (Lipinski definition) is 3. The second kappa shape index (κ2) is 6.85. The highest BCUT2D eigenvalue weighted by molar-refractivity contribution is 9.10. The molecule has 0 aromatic heterocycles. The van der Waals surface area contributed by atoms with Crippen LogP contribution in [0.15, 0.2) is 27.6 Å². The van der Waals surface area contributed by atoms with Crippen LogP contribution in [0.1, 0.15) is 6.92 Å². The first-order valence-corrected chi connectivity index (χ1v) is 9.63. The Labute approximate surface area is 127 Å². The van der Waals surface area contributed by atoms with Crippen LogP contribution in [0.25, 0.3) is 0 Å². The predicted molar refractivity (Wildman–Crippen MR) is 81.2 cm³/mol. The normalized spacial score (nSPS) is 12.5. The van der Waals surface area contributed by atoms with Crippen molar-refractivity contribution >= 4 is 41.7 Å². The van der Waals surface area contributed by atoms with Gasteiger partial charge >= 0.3 is 0 Å². The molecule has 1 rings (SSSR count). The molecule has 0 fully saturated rings. The van der Waals surface area contributed by atoms with Gasteiger partial charge in [0, 0.05) is 17.6 Å². The van der Waals surface area contributed by atoms with Gasteiger partial charge in [-0.05, 0) is 18.2 Å². The average molecular weight is 386 g/mol. The van der Waals surface area contributed by atoms with E-state index in [1.54, 1.807) is 13.0 Å². The highest BCUT2D eigenvalue weighted by Gasteiger charge is 2.18. The first-order chi connectivity index (χ1) is 9.18. The van der Waals surface area contributed by atoms with E-state index >= 15 is 0 Å². The summed E-state index contributed by atoms with van der Waals surface area (Å²) in [7, 11) is -7.30. The molecule has 20 heavy (non-hydrogen) atoms. The number of rotatable bonds is 7. The summed E-state index contributed by atoms with van der Waals surface area (Å²) in [5, 5.41) is 0. The number of halogens is 1. The lowest BCUT2D eigenvalue weighted by molar-refractivity contribution is 0.577. The van der Waals surface area contributed by atoms with Gasteiger partial charge in [0.15, 0.2) is 0 Å². The summed E-state index contributed by atoms with van der Waals surface area (Å²) in [4.78, 5) is -0.0819. The van der Waals surface area contributed by atoms with Crippen molar-refractivity contribution in [3.8, 4) is 0 Å². The van der Waals surface area contributed by atoms with E-state index in [4.69, 9.17) is 5.73 Å². The fourth-order valence-electron chi connectivity index (χ4n) is 1.44. The molecule has 0 heterocycles. The van der Waals surface area contributed by atoms with E-state index in [1.807, 2.05) is 0 Å². The Balaban J connectivity index is 2.76. The van der Waals surface area contributed by atoms with Crippen LogP contribution >= 0.6 is 15.9 Å². The largest absolute Gasteiger partial charge is 0.398 e. The molecule has 0 aliphatic rings. The highest BCUT2D eigenvalue weighted by atomic mass is 79.9.